The van der Waals surface area contributed by atoms with E-state index in [1.807, 2.05) is 4.82 Å². The zero-order chi connectivity index (χ0) is 11.3. The van der Waals surface area contributed by atoms with Crippen LogP contribution in [-0.4, -0.2) is 16.1 Å². The van der Waals surface area contributed by atoms with Crippen LogP contribution in [0.3, 0.4) is 0 Å². The third-order valence-corrected chi connectivity index (χ3v) is 12.4. The number of hydrogen-bond acceptors (Lipinski definition) is 0. The minimum atomic E-state index is -1.10. The predicted molar refractivity (Wildman–Crippen MR) is 74.2 cm³/mol. The minimum absolute atomic E-state index is 1.06. The van der Waals surface area contributed by atoms with Crippen molar-refractivity contribution in [2.24, 2.45) is 0 Å². The summed E-state index contributed by atoms with van der Waals surface area (Å²) in [4.78, 5) is 1.89. The van der Waals surface area contributed by atoms with Crippen LogP contribution in [0.25, 0.3) is 5.20 Å². The molecule has 1 aromatic carbocycles. The fourth-order valence-corrected chi connectivity index (χ4v) is 16.3. The lowest BCUT2D eigenvalue weighted by Gasteiger charge is -2.15. The average Bonchev–Trinajstić information content (AvgIpc) is 2.70. The molecule has 0 amide bonds. The third-order valence-electron chi connectivity index (χ3n) is 3.25. The van der Waals surface area contributed by atoms with Gasteiger partial charge in [-0.2, -0.15) is 0 Å². The van der Waals surface area contributed by atoms with Gasteiger partial charge in [0.15, 0.2) is 0 Å². The fourth-order valence-electron chi connectivity index (χ4n) is 2.89. The Balaban J connectivity index is 2.44. The van der Waals surface area contributed by atoms with Crippen molar-refractivity contribution in [1.29, 1.82) is 0 Å². The van der Waals surface area contributed by atoms with Gasteiger partial charge in [-0.05, 0) is 5.56 Å². The van der Waals surface area contributed by atoms with Gasteiger partial charge in [-0.1, -0.05) is 73.1 Å². The van der Waals surface area contributed by atoms with E-state index in [1.165, 1.54) is 5.56 Å². The molecular formula is C13H20Si2. The van der Waals surface area contributed by atoms with Crippen molar-refractivity contribution in [3.63, 3.8) is 0 Å². The summed E-state index contributed by atoms with van der Waals surface area (Å²) in [6, 6.07) is 11.0. The number of benzene rings is 1. The largest absolute Gasteiger partial charge is 0.103 e. The number of rotatable bonds is 2. The molecule has 2 heteroatoms. The zero-order valence-electron chi connectivity index (χ0n) is 10.4. The predicted octanol–water partition coefficient (Wildman–Crippen LogP) is 4.12. The molecule has 1 aliphatic heterocycles. The molecular weight excluding hydrogens is 212 g/mol. The van der Waals surface area contributed by atoms with Gasteiger partial charge < -0.3 is 0 Å². The van der Waals surface area contributed by atoms with Crippen molar-refractivity contribution in [1.82, 2.24) is 0 Å². The molecule has 0 spiro atoms. The van der Waals surface area contributed by atoms with Crippen molar-refractivity contribution < 1.29 is 0 Å². The van der Waals surface area contributed by atoms with Gasteiger partial charge in [0.25, 0.3) is 0 Å². The lowest BCUT2D eigenvalue weighted by Crippen LogP contribution is -2.27. The maximum absolute atomic E-state index is 2.50. The molecule has 0 radical (unpaired) electrons. The maximum Gasteiger partial charge on any atom is 0.103 e. The van der Waals surface area contributed by atoms with Gasteiger partial charge in [-0.3, -0.25) is 0 Å². The second kappa shape index (κ2) is 3.19. The summed E-state index contributed by atoms with van der Waals surface area (Å²) in [7, 11) is -2.16. The molecule has 0 fully saturated rings. The highest BCUT2D eigenvalue weighted by Gasteiger charge is 2.52. The Bertz CT molecular complexity index is 408. The van der Waals surface area contributed by atoms with Gasteiger partial charge in [0, 0.05) is 0 Å². The summed E-state index contributed by atoms with van der Waals surface area (Å²) in [5, 5.41) is 1.75. The molecule has 15 heavy (non-hydrogen) atoms. The van der Waals surface area contributed by atoms with Gasteiger partial charge in [-0.15, -0.1) is 0 Å². The van der Waals surface area contributed by atoms with Crippen LogP contribution in [0.2, 0.25) is 32.7 Å². The molecule has 0 saturated carbocycles. The van der Waals surface area contributed by atoms with Gasteiger partial charge in [0.1, 0.15) is 8.07 Å². The van der Waals surface area contributed by atoms with Crippen LogP contribution in [0.1, 0.15) is 5.56 Å². The van der Waals surface area contributed by atoms with E-state index in [1.54, 1.807) is 5.20 Å². The molecule has 0 unspecified atom stereocenters. The molecule has 1 aliphatic rings. The molecule has 80 valence electrons. The second-order valence-corrected chi connectivity index (χ2v) is 15.7. The first kappa shape index (κ1) is 10.9. The highest BCUT2D eigenvalue weighted by molar-refractivity contribution is 7.25. The summed E-state index contributed by atoms with van der Waals surface area (Å²) < 4.78 is 0. The molecule has 1 heterocycles. The number of hydrogen-bond donors (Lipinski definition) is 0. The molecule has 0 atom stereocenters. The lowest BCUT2D eigenvalue weighted by atomic mass is 10.2. The van der Waals surface area contributed by atoms with Crippen molar-refractivity contribution >= 4 is 21.3 Å². The topological polar surface area (TPSA) is 0 Å². The van der Waals surface area contributed by atoms with E-state index >= 15 is 0 Å². The first-order valence-electron chi connectivity index (χ1n) is 5.66. The normalized spacial score (nSPS) is 19.3. The maximum atomic E-state index is 2.50. The van der Waals surface area contributed by atoms with E-state index in [-0.39, 0.29) is 0 Å². The van der Waals surface area contributed by atoms with Gasteiger partial charge in [0.2, 0.25) is 0 Å². The summed E-state index contributed by atoms with van der Waals surface area (Å²) in [6.07, 6.45) is 0. The van der Waals surface area contributed by atoms with Crippen LogP contribution >= 0.6 is 0 Å². The highest BCUT2D eigenvalue weighted by atomic mass is 28.4. The van der Waals surface area contributed by atoms with E-state index in [4.69, 9.17) is 0 Å². The quantitative estimate of drug-likeness (QED) is 0.673. The molecule has 0 nitrogen and oxygen atoms in total. The van der Waals surface area contributed by atoms with Crippen LogP contribution in [-0.2, 0) is 0 Å². The Hall–Kier alpha value is -0.606. The van der Waals surface area contributed by atoms with E-state index in [2.05, 4.69) is 63.1 Å². The fraction of sp³-hybridized carbons (Fsp3) is 0.385. The summed E-state index contributed by atoms with van der Waals surface area (Å²) in [5.74, 6) is 0. The van der Waals surface area contributed by atoms with Gasteiger partial charge >= 0.3 is 0 Å². The molecule has 1 aromatic rings. The van der Waals surface area contributed by atoms with Crippen LogP contribution in [0.15, 0.2) is 35.2 Å². The zero-order valence-corrected chi connectivity index (χ0v) is 12.4. The van der Waals surface area contributed by atoms with Crippen LogP contribution in [0.4, 0.5) is 0 Å². The Morgan fingerprint density at radius 2 is 1.47 bits per heavy atom. The Morgan fingerprint density at radius 1 is 0.933 bits per heavy atom. The molecule has 2 rings (SSSR count). The van der Waals surface area contributed by atoms with E-state index < -0.39 is 16.1 Å². The van der Waals surface area contributed by atoms with Crippen molar-refractivity contribution in [3.8, 4) is 0 Å². The molecule has 0 aromatic heterocycles. The van der Waals surface area contributed by atoms with E-state index in [0.717, 1.165) is 0 Å². The Labute approximate surface area is 95.1 Å². The van der Waals surface area contributed by atoms with Crippen LogP contribution in [0, 0.1) is 0 Å². The van der Waals surface area contributed by atoms with E-state index in [0.29, 0.717) is 0 Å². The average molecular weight is 232 g/mol. The lowest BCUT2D eigenvalue weighted by molar-refractivity contribution is 1.65. The first-order valence-corrected chi connectivity index (χ1v) is 12.2. The van der Waals surface area contributed by atoms with Crippen molar-refractivity contribution in [2.75, 3.05) is 0 Å². The van der Waals surface area contributed by atoms with Crippen LogP contribution in [0.5, 0.6) is 0 Å². The van der Waals surface area contributed by atoms with Gasteiger partial charge in [0.05, 0.1) is 8.07 Å². The smallest absolute Gasteiger partial charge is 0.0862 e. The Morgan fingerprint density at radius 3 is 1.87 bits per heavy atom. The summed E-state index contributed by atoms with van der Waals surface area (Å²) in [5.41, 5.74) is 1.49. The Kier molecular flexibility index (Phi) is 2.32. The SMILES string of the molecule is C[Si](C)(C)C1=C(c2ccccc2)[Si]1(C)C. The van der Waals surface area contributed by atoms with E-state index in [9.17, 15) is 0 Å². The summed E-state index contributed by atoms with van der Waals surface area (Å²) in [6.45, 7) is 12.4. The molecule has 0 N–H and O–H groups in total. The second-order valence-electron chi connectivity index (χ2n) is 5.99. The summed E-state index contributed by atoms with van der Waals surface area (Å²) >= 11 is 0. The molecule has 0 aliphatic carbocycles. The standard InChI is InChI=1S/C13H20Si2/c1-14(2,3)13-12(15(13,4)5)11-9-7-6-8-10-11/h6-10H,1-5H3. The molecule has 0 bridgehead atoms. The van der Waals surface area contributed by atoms with Crippen molar-refractivity contribution in [3.05, 3.63) is 40.7 Å². The minimum Gasteiger partial charge on any atom is -0.0862 e. The molecule has 0 saturated heterocycles. The van der Waals surface area contributed by atoms with Gasteiger partial charge in [-0.25, -0.2) is 0 Å². The third kappa shape index (κ3) is 1.76. The van der Waals surface area contributed by atoms with Crippen molar-refractivity contribution in [2.45, 2.75) is 32.7 Å². The van der Waals surface area contributed by atoms with Crippen LogP contribution < -0.4 is 0 Å². The first-order chi connectivity index (χ1) is 6.85. The highest BCUT2D eigenvalue weighted by Crippen LogP contribution is 2.52. The monoisotopic (exact) mass is 232 g/mol.